The zero-order chi connectivity index (χ0) is 12.4. The number of carbonyl (C=O) groups excluding carboxylic acids is 1. The minimum Gasteiger partial charge on any atom is -0.312 e. The maximum absolute atomic E-state index is 12.1. The molecule has 0 unspecified atom stereocenters. The second-order valence-electron chi connectivity index (χ2n) is 5.22. The fourth-order valence-corrected chi connectivity index (χ4v) is 3.04. The van der Waals surface area contributed by atoms with Gasteiger partial charge in [0.2, 0.25) is 5.91 Å². The highest BCUT2D eigenvalue weighted by Gasteiger charge is 2.27. The van der Waals surface area contributed by atoms with Crippen LogP contribution in [0.15, 0.2) is 41.6 Å². The molecule has 2 nitrogen and oxygen atoms in total. The first-order valence-electron chi connectivity index (χ1n) is 6.90. The van der Waals surface area contributed by atoms with Crippen molar-refractivity contribution < 1.29 is 4.79 Å². The van der Waals surface area contributed by atoms with Crippen LogP contribution in [-0.4, -0.2) is 10.8 Å². The summed E-state index contributed by atoms with van der Waals surface area (Å²) in [5.74, 6) is 0.305. The molecule has 1 aromatic carbocycles. The van der Waals surface area contributed by atoms with E-state index in [1.165, 1.54) is 36.1 Å². The number of hydrogen-bond donors (Lipinski definition) is 0. The lowest BCUT2D eigenvalue weighted by Gasteiger charge is -2.35. The fourth-order valence-electron chi connectivity index (χ4n) is 3.04. The average Bonchev–Trinajstić information content (AvgIpc) is 2.43. The van der Waals surface area contributed by atoms with E-state index in [-0.39, 0.29) is 0 Å². The molecule has 2 aliphatic rings. The highest BCUT2D eigenvalue weighted by Crippen LogP contribution is 2.35. The van der Waals surface area contributed by atoms with E-state index in [0.717, 1.165) is 19.4 Å². The normalized spacial score (nSPS) is 20.0. The van der Waals surface area contributed by atoms with Crippen LogP contribution < -0.4 is 0 Å². The molecule has 1 aromatic rings. The molecule has 2 heteroatoms. The monoisotopic (exact) mass is 241 g/mol. The molecular weight excluding hydrogens is 222 g/mol. The van der Waals surface area contributed by atoms with Crippen molar-refractivity contribution in [2.45, 2.75) is 45.1 Å². The Morgan fingerprint density at radius 1 is 0.944 bits per heavy atom. The molecule has 1 aliphatic carbocycles. The van der Waals surface area contributed by atoms with Gasteiger partial charge in [0.15, 0.2) is 0 Å². The van der Waals surface area contributed by atoms with Crippen LogP contribution in [0.5, 0.6) is 0 Å². The molecule has 94 valence electrons. The van der Waals surface area contributed by atoms with Crippen molar-refractivity contribution in [3.8, 4) is 0 Å². The van der Waals surface area contributed by atoms with Crippen LogP contribution in [0.2, 0.25) is 0 Å². The van der Waals surface area contributed by atoms with E-state index in [1.54, 1.807) is 0 Å². The van der Waals surface area contributed by atoms with E-state index in [9.17, 15) is 4.79 Å². The SMILES string of the molecule is O=C1CCC2=C(CCCC2)N1Cc1ccccc1. The minimum absolute atomic E-state index is 0.305. The zero-order valence-electron chi connectivity index (χ0n) is 10.7. The first-order chi connectivity index (χ1) is 8.84. The van der Waals surface area contributed by atoms with Gasteiger partial charge in [-0.25, -0.2) is 0 Å². The summed E-state index contributed by atoms with van der Waals surface area (Å²) >= 11 is 0. The van der Waals surface area contributed by atoms with Crippen LogP contribution >= 0.6 is 0 Å². The quantitative estimate of drug-likeness (QED) is 0.774. The maximum atomic E-state index is 12.1. The van der Waals surface area contributed by atoms with Gasteiger partial charge in [-0.15, -0.1) is 0 Å². The van der Waals surface area contributed by atoms with Crippen LogP contribution in [0.3, 0.4) is 0 Å². The summed E-state index contributed by atoms with van der Waals surface area (Å²) in [5, 5.41) is 0. The van der Waals surface area contributed by atoms with Crippen molar-refractivity contribution in [3.63, 3.8) is 0 Å². The molecule has 0 saturated carbocycles. The van der Waals surface area contributed by atoms with Gasteiger partial charge in [-0.2, -0.15) is 0 Å². The Labute approximate surface area is 108 Å². The molecule has 1 heterocycles. The Balaban J connectivity index is 1.86. The molecule has 18 heavy (non-hydrogen) atoms. The second kappa shape index (κ2) is 4.97. The minimum atomic E-state index is 0.305. The molecule has 0 bridgehead atoms. The standard InChI is InChI=1S/C16H19NO/c18-16-11-10-14-8-4-5-9-15(14)17(16)12-13-6-2-1-3-7-13/h1-3,6-7H,4-5,8-12H2. The lowest BCUT2D eigenvalue weighted by molar-refractivity contribution is -0.130. The van der Waals surface area contributed by atoms with Gasteiger partial charge in [-0.1, -0.05) is 35.9 Å². The van der Waals surface area contributed by atoms with Crippen LogP contribution in [0, 0.1) is 0 Å². The number of amides is 1. The summed E-state index contributed by atoms with van der Waals surface area (Å²) in [6, 6.07) is 10.3. The summed E-state index contributed by atoms with van der Waals surface area (Å²) in [6.45, 7) is 0.749. The Morgan fingerprint density at radius 2 is 1.72 bits per heavy atom. The Morgan fingerprint density at radius 3 is 2.56 bits per heavy atom. The van der Waals surface area contributed by atoms with Crippen molar-refractivity contribution in [1.29, 1.82) is 0 Å². The zero-order valence-corrected chi connectivity index (χ0v) is 10.7. The number of allylic oxidation sites excluding steroid dienone is 2. The maximum Gasteiger partial charge on any atom is 0.227 e. The van der Waals surface area contributed by atoms with E-state index in [4.69, 9.17) is 0 Å². The molecule has 0 aromatic heterocycles. The molecular formula is C16H19NO. The third-order valence-electron chi connectivity index (χ3n) is 4.00. The Kier molecular flexibility index (Phi) is 3.18. The molecule has 0 radical (unpaired) electrons. The van der Waals surface area contributed by atoms with Crippen LogP contribution in [0.1, 0.15) is 44.1 Å². The first-order valence-corrected chi connectivity index (χ1v) is 6.90. The number of benzene rings is 1. The lowest BCUT2D eigenvalue weighted by Crippen LogP contribution is -2.34. The molecule has 1 aliphatic heterocycles. The summed E-state index contributed by atoms with van der Waals surface area (Å²) in [7, 11) is 0. The summed E-state index contributed by atoms with van der Waals surface area (Å²) in [6.07, 6.45) is 6.52. The number of hydrogen-bond acceptors (Lipinski definition) is 1. The van der Waals surface area contributed by atoms with E-state index < -0.39 is 0 Å². The van der Waals surface area contributed by atoms with Gasteiger partial charge in [0.05, 0.1) is 6.54 Å². The van der Waals surface area contributed by atoms with Crippen molar-refractivity contribution in [3.05, 3.63) is 47.2 Å². The number of rotatable bonds is 2. The van der Waals surface area contributed by atoms with E-state index in [2.05, 4.69) is 12.1 Å². The number of nitrogens with zero attached hydrogens (tertiary/aromatic N) is 1. The van der Waals surface area contributed by atoms with Crippen LogP contribution in [0.25, 0.3) is 0 Å². The van der Waals surface area contributed by atoms with E-state index in [1.807, 2.05) is 23.1 Å². The molecule has 0 spiro atoms. The van der Waals surface area contributed by atoms with Crippen molar-refractivity contribution >= 4 is 5.91 Å². The summed E-state index contributed by atoms with van der Waals surface area (Å²) in [5.41, 5.74) is 4.10. The summed E-state index contributed by atoms with van der Waals surface area (Å²) in [4.78, 5) is 14.2. The van der Waals surface area contributed by atoms with Gasteiger partial charge >= 0.3 is 0 Å². The van der Waals surface area contributed by atoms with Crippen molar-refractivity contribution in [1.82, 2.24) is 4.90 Å². The van der Waals surface area contributed by atoms with Crippen molar-refractivity contribution in [2.24, 2.45) is 0 Å². The van der Waals surface area contributed by atoms with Gasteiger partial charge in [-0.05, 0) is 37.7 Å². The highest BCUT2D eigenvalue weighted by molar-refractivity contribution is 5.80. The van der Waals surface area contributed by atoms with Gasteiger partial charge in [-0.3, -0.25) is 4.79 Å². The number of carbonyl (C=O) groups is 1. The van der Waals surface area contributed by atoms with Gasteiger partial charge in [0.25, 0.3) is 0 Å². The topological polar surface area (TPSA) is 20.3 Å². The fraction of sp³-hybridized carbons (Fsp3) is 0.438. The predicted octanol–water partition coefficient (Wildman–Crippen LogP) is 3.64. The third kappa shape index (κ3) is 2.20. The highest BCUT2D eigenvalue weighted by atomic mass is 16.2. The second-order valence-corrected chi connectivity index (χ2v) is 5.22. The third-order valence-corrected chi connectivity index (χ3v) is 4.00. The van der Waals surface area contributed by atoms with E-state index in [0.29, 0.717) is 12.3 Å². The molecule has 3 rings (SSSR count). The smallest absolute Gasteiger partial charge is 0.227 e. The van der Waals surface area contributed by atoms with Gasteiger partial charge < -0.3 is 4.90 Å². The van der Waals surface area contributed by atoms with Gasteiger partial charge in [0, 0.05) is 12.1 Å². The molecule has 0 N–H and O–H groups in total. The first kappa shape index (κ1) is 11.5. The predicted molar refractivity (Wildman–Crippen MR) is 71.7 cm³/mol. The Hall–Kier alpha value is -1.57. The average molecular weight is 241 g/mol. The molecule has 0 fully saturated rings. The van der Waals surface area contributed by atoms with Gasteiger partial charge in [0.1, 0.15) is 0 Å². The molecule has 0 saturated heterocycles. The molecule has 1 amide bonds. The van der Waals surface area contributed by atoms with Crippen molar-refractivity contribution in [2.75, 3.05) is 0 Å². The lowest BCUT2D eigenvalue weighted by atomic mass is 9.89. The largest absolute Gasteiger partial charge is 0.312 e. The van der Waals surface area contributed by atoms with Crippen LogP contribution in [0.4, 0.5) is 0 Å². The Bertz CT molecular complexity index is 475. The van der Waals surface area contributed by atoms with Crippen LogP contribution in [-0.2, 0) is 11.3 Å². The van der Waals surface area contributed by atoms with E-state index >= 15 is 0 Å². The molecule has 0 atom stereocenters. The summed E-state index contributed by atoms with van der Waals surface area (Å²) < 4.78 is 0.